The number of thiazole rings is 1. The zero-order valence-corrected chi connectivity index (χ0v) is 13.9. The standard InChI is InChI=1S/C17H24N2S/c1-6-18-16(17-13(4)19-14(5)20-17)10-15-8-7-11(2)12(3)9-15/h7-9,16,18H,6,10H2,1-5H3. The van der Waals surface area contributed by atoms with Gasteiger partial charge in [-0.1, -0.05) is 25.1 Å². The Bertz CT molecular complexity index is 587. The minimum Gasteiger partial charge on any atom is -0.309 e. The van der Waals surface area contributed by atoms with Crippen molar-refractivity contribution in [3.8, 4) is 0 Å². The molecule has 0 radical (unpaired) electrons. The number of likely N-dealkylation sites (N-methyl/N-ethyl adjacent to an activating group) is 1. The first-order chi connectivity index (χ1) is 9.51. The molecule has 108 valence electrons. The van der Waals surface area contributed by atoms with Gasteiger partial charge in [0.25, 0.3) is 0 Å². The molecule has 1 aromatic carbocycles. The van der Waals surface area contributed by atoms with Gasteiger partial charge in [0.2, 0.25) is 0 Å². The largest absolute Gasteiger partial charge is 0.309 e. The lowest BCUT2D eigenvalue weighted by atomic mass is 9.99. The summed E-state index contributed by atoms with van der Waals surface area (Å²) in [5, 5.41) is 4.76. The molecule has 3 heteroatoms. The minimum absolute atomic E-state index is 0.369. The van der Waals surface area contributed by atoms with Gasteiger partial charge in [-0.05, 0) is 57.4 Å². The Kier molecular flexibility index (Phi) is 4.95. The SMILES string of the molecule is CCNC(Cc1ccc(C)c(C)c1)c1sc(C)nc1C. The molecule has 1 aromatic heterocycles. The molecule has 0 aliphatic heterocycles. The van der Waals surface area contributed by atoms with E-state index in [2.05, 4.69) is 63.1 Å². The zero-order valence-electron chi connectivity index (χ0n) is 13.1. The minimum atomic E-state index is 0.369. The quantitative estimate of drug-likeness (QED) is 0.888. The normalized spacial score (nSPS) is 12.7. The molecule has 0 fully saturated rings. The maximum atomic E-state index is 4.57. The number of aromatic nitrogens is 1. The van der Waals surface area contributed by atoms with Crippen LogP contribution >= 0.6 is 11.3 Å². The molecule has 0 amide bonds. The van der Waals surface area contributed by atoms with Gasteiger partial charge < -0.3 is 5.32 Å². The fourth-order valence-corrected chi connectivity index (χ4v) is 3.54. The van der Waals surface area contributed by atoms with E-state index in [4.69, 9.17) is 0 Å². The molecule has 0 aliphatic carbocycles. The van der Waals surface area contributed by atoms with Crippen LogP contribution in [0.1, 0.15) is 45.2 Å². The highest BCUT2D eigenvalue weighted by atomic mass is 32.1. The van der Waals surface area contributed by atoms with Gasteiger partial charge in [0.15, 0.2) is 0 Å². The van der Waals surface area contributed by atoms with Crippen LogP contribution in [0.4, 0.5) is 0 Å². The second-order valence-corrected chi connectivity index (χ2v) is 6.65. The average molecular weight is 288 g/mol. The van der Waals surface area contributed by atoms with Crippen LogP contribution in [0.25, 0.3) is 0 Å². The van der Waals surface area contributed by atoms with Crippen LogP contribution in [0.2, 0.25) is 0 Å². The van der Waals surface area contributed by atoms with Gasteiger partial charge in [-0.2, -0.15) is 0 Å². The molecular weight excluding hydrogens is 264 g/mol. The van der Waals surface area contributed by atoms with Crippen molar-refractivity contribution in [3.05, 3.63) is 50.5 Å². The Morgan fingerprint density at radius 2 is 1.90 bits per heavy atom. The highest BCUT2D eigenvalue weighted by Gasteiger charge is 2.17. The molecule has 2 aromatic rings. The molecule has 0 spiro atoms. The molecule has 1 atom stereocenters. The van der Waals surface area contributed by atoms with Gasteiger partial charge in [-0.3, -0.25) is 0 Å². The molecular formula is C17H24N2S. The highest BCUT2D eigenvalue weighted by Crippen LogP contribution is 2.28. The Balaban J connectivity index is 2.25. The molecule has 0 saturated carbocycles. The summed E-state index contributed by atoms with van der Waals surface area (Å²) >= 11 is 1.82. The average Bonchev–Trinajstić information content (AvgIpc) is 2.72. The summed E-state index contributed by atoms with van der Waals surface area (Å²) in [5.41, 5.74) is 5.29. The maximum absolute atomic E-state index is 4.57. The zero-order chi connectivity index (χ0) is 14.7. The van der Waals surface area contributed by atoms with E-state index >= 15 is 0 Å². The smallest absolute Gasteiger partial charge is 0.0900 e. The lowest BCUT2D eigenvalue weighted by Gasteiger charge is -2.18. The molecule has 2 rings (SSSR count). The molecule has 1 unspecified atom stereocenters. The lowest BCUT2D eigenvalue weighted by Crippen LogP contribution is -2.22. The van der Waals surface area contributed by atoms with Gasteiger partial charge in [0, 0.05) is 10.9 Å². The van der Waals surface area contributed by atoms with Gasteiger partial charge in [0.1, 0.15) is 0 Å². The number of nitrogens with zero attached hydrogens (tertiary/aromatic N) is 1. The first-order valence-electron chi connectivity index (χ1n) is 7.24. The summed E-state index contributed by atoms with van der Waals surface area (Å²) in [7, 11) is 0. The van der Waals surface area contributed by atoms with Crippen molar-refractivity contribution < 1.29 is 0 Å². The van der Waals surface area contributed by atoms with Gasteiger partial charge in [-0.15, -0.1) is 11.3 Å². The van der Waals surface area contributed by atoms with Crippen molar-refractivity contribution in [1.29, 1.82) is 0 Å². The Labute approximate surface area is 126 Å². The third-order valence-corrected chi connectivity index (χ3v) is 4.90. The topological polar surface area (TPSA) is 24.9 Å². The summed E-state index contributed by atoms with van der Waals surface area (Å²) < 4.78 is 0. The second-order valence-electron chi connectivity index (χ2n) is 5.42. The fourth-order valence-electron chi connectivity index (χ4n) is 2.54. The van der Waals surface area contributed by atoms with Crippen LogP contribution in [0.15, 0.2) is 18.2 Å². The molecule has 1 heterocycles. The lowest BCUT2D eigenvalue weighted by molar-refractivity contribution is 0.554. The van der Waals surface area contributed by atoms with Crippen molar-refractivity contribution in [3.63, 3.8) is 0 Å². The number of aryl methyl sites for hydroxylation is 4. The molecule has 20 heavy (non-hydrogen) atoms. The Morgan fingerprint density at radius 3 is 2.45 bits per heavy atom. The van der Waals surface area contributed by atoms with Gasteiger partial charge >= 0.3 is 0 Å². The van der Waals surface area contributed by atoms with E-state index in [1.807, 2.05) is 11.3 Å². The van der Waals surface area contributed by atoms with E-state index in [0.717, 1.165) is 18.0 Å². The van der Waals surface area contributed by atoms with Crippen LogP contribution in [-0.4, -0.2) is 11.5 Å². The van der Waals surface area contributed by atoms with E-state index in [1.54, 1.807) is 0 Å². The van der Waals surface area contributed by atoms with Gasteiger partial charge in [-0.25, -0.2) is 4.98 Å². The molecule has 0 saturated heterocycles. The fraction of sp³-hybridized carbons (Fsp3) is 0.471. The van der Waals surface area contributed by atoms with E-state index < -0.39 is 0 Å². The first-order valence-corrected chi connectivity index (χ1v) is 8.06. The van der Waals surface area contributed by atoms with Crippen molar-refractivity contribution >= 4 is 11.3 Å². The van der Waals surface area contributed by atoms with Crippen molar-refractivity contribution in [1.82, 2.24) is 10.3 Å². The van der Waals surface area contributed by atoms with E-state index in [9.17, 15) is 0 Å². The van der Waals surface area contributed by atoms with Crippen LogP contribution in [0.5, 0.6) is 0 Å². The summed E-state index contributed by atoms with van der Waals surface area (Å²) in [6.07, 6.45) is 1.03. The third kappa shape index (κ3) is 3.47. The second kappa shape index (κ2) is 6.51. The van der Waals surface area contributed by atoms with E-state index in [0.29, 0.717) is 6.04 Å². The number of hydrogen-bond donors (Lipinski definition) is 1. The van der Waals surface area contributed by atoms with E-state index in [1.165, 1.54) is 27.3 Å². The third-order valence-electron chi connectivity index (χ3n) is 3.72. The van der Waals surface area contributed by atoms with Crippen LogP contribution in [-0.2, 0) is 6.42 Å². The number of rotatable bonds is 5. The molecule has 0 bridgehead atoms. The van der Waals surface area contributed by atoms with Crippen LogP contribution < -0.4 is 5.32 Å². The Hall–Kier alpha value is -1.19. The number of hydrogen-bond acceptors (Lipinski definition) is 3. The molecule has 2 nitrogen and oxygen atoms in total. The first kappa shape index (κ1) is 15.2. The van der Waals surface area contributed by atoms with Crippen LogP contribution in [0, 0.1) is 27.7 Å². The van der Waals surface area contributed by atoms with Gasteiger partial charge in [0.05, 0.1) is 10.7 Å². The number of benzene rings is 1. The van der Waals surface area contributed by atoms with Crippen LogP contribution in [0.3, 0.4) is 0 Å². The van der Waals surface area contributed by atoms with Crippen molar-refractivity contribution in [2.24, 2.45) is 0 Å². The van der Waals surface area contributed by atoms with Crippen molar-refractivity contribution in [2.75, 3.05) is 6.54 Å². The molecule has 1 N–H and O–H groups in total. The number of nitrogens with one attached hydrogen (secondary N) is 1. The van der Waals surface area contributed by atoms with Crippen molar-refractivity contribution in [2.45, 2.75) is 47.1 Å². The summed E-state index contributed by atoms with van der Waals surface area (Å²) in [6, 6.07) is 7.14. The highest BCUT2D eigenvalue weighted by molar-refractivity contribution is 7.11. The summed E-state index contributed by atoms with van der Waals surface area (Å²) in [5.74, 6) is 0. The molecule has 0 aliphatic rings. The predicted octanol–water partition coefficient (Wildman–Crippen LogP) is 4.27. The Morgan fingerprint density at radius 1 is 1.15 bits per heavy atom. The maximum Gasteiger partial charge on any atom is 0.0900 e. The summed E-state index contributed by atoms with van der Waals surface area (Å²) in [4.78, 5) is 5.94. The predicted molar refractivity (Wildman–Crippen MR) is 87.6 cm³/mol. The van der Waals surface area contributed by atoms with E-state index in [-0.39, 0.29) is 0 Å². The summed E-state index contributed by atoms with van der Waals surface area (Å²) in [6.45, 7) is 11.7. The monoisotopic (exact) mass is 288 g/mol.